The Morgan fingerprint density at radius 3 is 2.72 bits per heavy atom. The molecule has 0 amide bonds. The third-order valence-electron chi connectivity index (χ3n) is 3.06. The van der Waals surface area contributed by atoms with E-state index in [-0.39, 0.29) is 18.3 Å². The highest BCUT2D eigenvalue weighted by molar-refractivity contribution is 5.80. The number of carbonyl (C=O) groups is 1. The van der Waals surface area contributed by atoms with Crippen LogP contribution in [0.5, 0.6) is 0 Å². The molecule has 0 radical (unpaired) electrons. The Morgan fingerprint density at radius 2 is 2.06 bits per heavy atom. The van der Waals surface area contributed by atoms with Gasteiger partial charge in [-0.25, -0.2) is 0 Å². The molecule has 0 saturated heterocycles. The smallest absolute Gasteiger partial charge is 0.303 e. The fraction of sp³-hybridized carbons (Fsp3) is 0.286. The number of nitrogens with one attached hydrogen (secondary N) is 1. The van der Waals surface area contributed by atoms with Crippen LogP contribution in [0.3, 0.4) is 0 Å². The summed E-state index contributed by atoms with van der Waals surface area (Å²) in [6.07, 6.45) is 0.238. The lowest BCUT2D eigenvalue weighted by atomic mass is 10.0. The van der Waals surface area contributed by atoms with E-state index in [9.17, 15) is 9.59 Å². The molecule has 0 fully saturated rings. The van der Waals surface area contributed by atoms with Crippen molar-refractivity contribution in [2.45, 2.75) is 26.7 Å². The van der Waals surface area contributed by atoms with Gasteiger partial charge in [0.1, 0.15) is 0 Å². The predicted molar refractivity (Wildman–Crippen MR) is 70.0 cm³/mol. The van der Waals surface area contributed by atoms with Crippen LogP contribution in [0.1, 0.15) is 23.2 Å². The molecule has 1 heterocycles. The second kappa shape index (κ2) is 4.64. The van der Waals surface area contributed by atoms with Crippen LogP contribution < -0.4 is 5.43 Å². The molecule has 2 aromatic rings. The summed E-state index contributed by atoms with van der Waals surface area (Å²) in [6, 6.07) is 5.65. The first-order valence-electron chi connectivity index (χ1n) is 5.83. The number of aliphatic carboxylic acids is 1. The summed E-state index contributed by atoms with van der Waals surface area (Å²) in [6.45, 7) is 3.73. The van der Waals surface area contributed by atoms with Gasteiger partial charge in [0.15, 0.2) is 5.43 Å². The Bertz CT molecular complexity index is 671. The molecular weight excluding hydrogens is 230 g/mol. The van der Waals surface area contributed by atoms with Crippen molar-refractivity contribution in [3.63, 3.8) is 0 Å². The Morgan fingerprint density at radius 1 is 1.33 bits per heavy atom. The van der Waals surface area contributed by atoms with Crippen LogP contribution in [0.15, 0.2) is 23.0 Å². The molecule has 0 bridgehead atoms. The first kappa shape index (κ1) is 12.4. The summed E-state index contributed by atoms with van der Waals surface area (Å²) >= 11 is 0. The molecule has 2 rings (SSSR count). The molecule has 1 aromatic carbocycles. The third-order valence-corrected chi connectivity index (χ3v) is 3.06. The second-order valence-electron chi connectivity index (χ2n) is 4.50. The number of carboxylic acid groups (broad SMARTS) is 1. The van der Waals surface area contributed by atoms with Gasteiger partial charge < -0.3 is 10.1 Å². The molecule has 94 valence electrons. The van der Waals surface area contributed by atoms with Crippen LogP contribution in [0.4, 0.5) is 0 Å². The zero-order valence-electron chi connectivity index (χ0n) is 10.4. The number of carboxylic acids is 1. The van der Waals surface area contributed by atoms with E-state index in [0.29, 0.717) is 10.9 Å². The summed E-state index contributed by atoms with van der Waals surface area (Å²) in [5, 5.41) is 9.33. The summed E-state index contributed by atoms with van der Waals surface area (Å²) in [4.78, 5) is 26.1. The molecule has 2 N–H and O–H groups in total. The van der Waals surface area contributed by atoms with Gasteiger partial charge in [-0.3, -0.25) is 9.59 Å². The first-order valence-corrected chi connectivity index (χ1v) is 5.83. The molecule has 4 heteroatoms. The van der Waals surface area contributed by atoms with Crippen molar-refractivity contribution in [1.82, 2.24) is 4.98 Å². The van der Waals surface area contributed by atoms with Gasteiger partial charge in [0.2, 0.25) is 0 Å². The number of hydrogen-bond acceptors (Lipinski definition) is 2. The largest absolute Gasteiger partial charge is 0.481 e. The van der Waals surface area contributed by atoms with E-state index in [1.54, 1.807) is 6.92 Å². The van der Waals surface area contributed by atoms with Gasteiger partial charge >= 0.3 is 5.97 Å². The van der Waals surface area contributed by atoms with Gasteiger partial charge in [-0.1, -0.05) is 11.6 Å². The lowest BCUT2D eigenvalue weighted by molar-refractivity contribution is -0.136. The van der Waals surface area contributed by atoms with Crippen molar-refractivity contribution < 1.29 is 9.90 Å². The zero-order chi connectivity index (χ0) is 13.3. The molecule has 0 atom stereocenters. The van der Waals surface area contributed by atoms with Crippen LogP contribution in [0.2, 0.25) is 0 Å². The van der Waals surface area contributed by atoms with Crippen LogP contribution >= 0.6 is 0 Å². The van der Waals surface area contributed by atoms with Gasteiger partial charge in [0, 0.05) is 28.6 Å². The maximum atomic E-state index is 12.3. The molecule has 1 aromatic heterocycles. The van der Waals surface area contributed by atoms with Crippen molar-refractivity contribution in [2.75, 3.05) is 0 Å². The molecule has 18 heavy (non-hydrogen) atoms. The molecule has 0 aliphatic heterocycles. The SMILES string of the molecule is Cc1ccc2[nH]c(C)c(CCC(=O)O)c(=O)c2c1. The van der Waals surface area contributed by atoms with Crippen LogP contribution in [0.25, 0.3) is 10.9 Å². The minimum atomic E-state index is -0.891. The topological polar surface area (TPSA) is 70.2 Å². The number of aryl methyl sites for hydroxylation is 2. The van der Waals surface area contributed by atoms with Crippen molar-refractivity contribution in [3.05, 3.63) is 45.2 Å². The fourth-order valence-electron chi connectivity index (χ4n) is 2.10. The summed E-state index contributed by atoms with van der Waals surface area (Å²) < 4.78 is 0. The Balaban J connectivity index is 2.60. The molecule has 0 aliphatic rings. The van der Waals surface area contributed by atoms with Crippen molar-refractivity contribution in [3.8, 4) is 0 Å². The minimum absolute atomic E-state index is 0.0265. The number of fused-ring (bicyclic) bond motifs is 1. The quantitative estimate of drug-likeness (QED) is 0.870. The molecule has 4 nitrogen and oxygen atoms in total. The minimum Gasteiger partial charge on any atom is -0.481 e. The zero-order valence-corrected chi connectivity index (χ0v) is 10.4. The normalized spacial score (nSPS) is 10.8. The number of benzene rings is 1. The Labute approximate surface area is 104 Å². The summed E-state index contributed by atoms with van der Waals surface area (Å²) in [5.74, 6) is -0.891. The number of pyridine rings is 1. The van der Waals surface area contributed by atoms with E-state index in [4.69, 9.17) is 5.11 Å². The van der Waals surface area contributed by atoms with E-state index < -0.39 is 5.97 Å². The standard InChI is InChI=1S/C14H15NO3/c1-8-3-5-12-11(7-8)14(18)10(9(2)15-12)4-6-13(16)17/h3,5,7H,4,6H2,1-2H3,(H,15,18)(H,16,17). The van der Waals surface area contributed by atoms with Gasteiger partial charge in [-0.15, -0.1) is 0 Å². The molecule has 0 unspecified atom stereocenters. The van der Waals surface area contributed by atoms with Gasteiger partial charge in [0.25, 0.3) is 0 Å². The Kier molecular flexibility index (Phi) is 3.19. The summed E-state index contributed by atoms with van der Waals surface area (Å²) in [7, 11) is 0. The predicted octanol–water partition coefficient (Wildman–Crippen LogP) is 2.16. The van der Waals surface area contributed by atoms with Crippen LogP contribution in [-0.2, 0) is 11.2 Å². The molecule has 0 saturated carbocycles. The van der Waals surface area contributed by atoms with E-state index in [1.807, 2.05) is 25.1 Å². The lowest BCUT2D eigenvalue weighted by Crippen LogP contribution is -2.15. The van der Waals surface area contributed by atoms with Crippen molar-refractivity contribution >= 4 is 16.9 Å². The number of rotatable bonds is 3. The van der Waals surface area contributed by atoms with E-state index in [2.05, 4.69) is 4.98 Å². The van der Waals surface area contributed by atoms with Crippen molar-refractivity contribution in [2.24, 2.45) is 0 Å². The number of H-pyrrole nitrogens is 1. The monoisotopic (exact) mass is 245 g/mol. The number of aromatic nitrogens is 1. The number of aromatic amines is 1. The van der Waals surface area contributed by atoms with Gasteiger partial charge in [-0.05, 0) is 32.4 Å². The fourth-order valence-corrected chi connectivity index (χ4v) is 2.10. The van der Waals surface area contributed by atoms with E-state index >= 15 is 0 Å². The second-order valence-corrected chi connectivity index (χ2v) is 4.50. The van der Waals surface area contributed by atoms with Crippen LogP contribution in [-0.4, -0.2) is 16.1 Å². The highest BCUT2D eigenvalue weighted by Crippen LogP contribution is 2.14. The number of hydrogen-bond donors (Lipinski definition) is 2. The molecule has 0 spiro atoms. The third kappa shape index (κ3) is 2.27. The van der Waals surface area contributed by atoms with E-state index in [0.717, 1.165) is 16.8 Å². The maximum Gasteiger partial charge on any atom is 0.303 e. The van der Waals surface area contributed by atoms with E-state index in [1.165, 1.54) is 0 Å². The highest BCUT2D eigenvalue weighted by Gasteiger charge is 2.10. The summed E-state index contributed by atoms with van der Waals surface area (Å²) in [5.41, 5.74) is 3.06. The van der Waals surface area contributed by atoms with Crippen molar-refractivity contribution in [1.29, 1.82) is 0 Å². The average molecular weight is 245 g/mol. The Hall–Kier alpha value is -2.10. The maximum absolute atomic E-state index is 12.3. The highest BCUT2D eigenvalue weighted by atomic mass is 16.4. The average Bonchev–Trinajstić information content (AvgIpc) is 2.30. The lowest BCUT2D eigenvalue weighted by Gasteiger charge is -2.07. The molecular formula is C14H15NO3. The van der Waals surface area contributed by atoms with Crippen LogP contribution in [0, 0.1) is 13.8 Å². The van der Waals surface area contributed by atoms with Gasteiger partial charge in [-0.2, -0.15) is 0 Å². The first-order chi connectivity index (χ1) is 8.49. The van der Waals surface area contributed by atoms with Gasteiger partial charge in [0.05, 0.1) is 0 Å². The molecule has 0 aliphatic carbocycles.